The SMILES string of the molecule is COC(=O)c1cn(C(=O)OC(C)(C)C)c2nccc(CN=C(CC(F)(F)F)C(O)O)c12. The molecule has 31 heavy (non-hydrogen) atoms. The molecule has 0 saturated carbocycles. The van der Waals surface area contributed by atoms with Crippen molar-refractivity contribution in [2.45, 2.75) is 51.8 Å². The number of aliphatic imine (C=N–C) groups is 1. The molecule has 0 amide bonds. The third kappa shape index (κ3) is 6.25. The molecule has 0 fully saturated rings. The van der Waals surface area contributed by atoms with Crippen LogP contribution >= 0.6 is 0 Å². The van der Waals surface area contributed by atoms with E-state index in [2.05, 4.69) is 9.98 Å². The number of hydrogen-bond acceptors (Lipinski definition) is 8. The molecule has 2 aromatic heterocycles. The number of esters is 1. The number of hydrogen-bond donors (Lipinski definition) is 2. The maximum absolute atomic E-state index is 12.7. The summed E-state index contributed by atoms with van der Waals surface area (Å²) in [5.41, 5.74) is -1.60. The van der Waals surface area contributed by atoms with Crippen molar-refractivity contribution in [2.75, 3.05) is 7.11 Å². The largest absolute Gasteiger partial charge is 0.465 e. The summed E-state index contributed by atoms with van der Waals surface area (Å²) in [5.74, 6) is -0.816. The van der Waals surface area contributed by atoms with Crippen molar-refractivity contribution < 1.29 is 42.4 Å². The molecule has 170 valence electrons. The summed E-state index contributed by atoms with van der Waals surface area (Å²) in [6.45, 7) is 4.50. The topological polar surface area (TPSA) is 123 Å². The van der Waals surface area contributed by atoms with Gasteiger partial charge in [0.1, 0.15) is 5.60 Å². The number of carbonyl (C=O) groups excluding carboxylic acids is 2. The van der Waals surface area contributed by atoms with Crippen LogP contribution in [0.3, 0.4) is 0 Å². The number of halogens is 3. The van der Waals surface area contributed by atoms with Crippen molar-refractivity contribution in [3.05, 3.63) is 29.6 Å². The third-order valence-corrected chi connectivity index (χ3v) is 3.90. The molecule has 0 aliphatic heterocycles. The Balaban J connectivity index is 2.59. The third-order valence-electron chi connectivity index (χ3n) is 3.90. The lowest BCUT2D eigenvalue weighted by molar-refractivity contribution is -0.124. The predicted molar refractivity (Wildman–Crippen MR) is 103 cm³/mol. The zero-order chi connectivity index (χ0) is 23.6. The fraction of sp³-hybridized carbons (Fsp3) is 0.474. The average Bonchev–Trinajstić information content (AvgIpc) is 3.02. The van der Waals surface area contributed by atoms with Crippen molar-refractivity contribution >= 4 is 28.8 Å². The number of aliphatic hydroxyl groups is 2. The van der Waals surface area contributed by atoms with Gasteiger partial charge in [0.05, 0.1) is 31.4 Å². The van der Waals surface area contributed by atoms with Crippen molar-refractivity contribution in [1.82, 2.24) is 9.55 Å². The van der Waals surface area contributed by atoms with Gasteiger partial charge < -0.3 is 19.7 Å². The predicted octanol–water partition coefficient (Wildman–Crippen LogP) is 2.81. The molecule has 0 aliphatic rings. The Kier molecular flexibility index (Phi) is 7.06. The molecular formula is C19H22F3N3O6. The molecule has 2 rings (SSSR count). The van der Waals surface area contributed by atoms with Crippen LogP contribution in [0.1, 0.15) is 43.1 Å². The van der Waals surface area contributed by atoms with Crippen LogP contribution in [0.4, 0.5) is 18.0 Å². The lowest BCUT2D eigenvalue weighted by atomic mass is 10.1. The van der Waals surface area contributed by atoms with Gasteiger partial charge in [-0.15, -0.1) is 0 Å². The number of methoxy groups -OCH3 is 1. The van der Waals surface area contributed by atoms with Crippen LogP contribution in [0.15, 0.2) is 23.5 Å². The first-order valence-corrected chi connectivity index (χ1v) is 9.00. The van der Waals surface area contributed by atoms with Crippen molar-refractivity contribution in [2.24, 2.45) is 4.99 Å². The number of aliphatic hydroxyl groups excluding tert-OH is 1. The average molecular weight is 445 g/mol. The fourth-order valence-corrected chi connectivity index (χ4v) is 2.69. The minimum absolute atomic E-state index is 0.00395. The van der Waals surface area contributed by atoms with Crippen LogP contribution in [0.2, 0.25) is 0 Å². The second-order valence-electron chi connectivity index (χ2n) is 7.53. The van der Waals surface area contributed by atoms with Gasteiger partial charge in [-0.2, -0.15) is 13.2 Å². The van der Waals surface area contributed by atoms with Gasteiger partial charge >= 0.3 is 18.2 Å². The van der Waals surface area contributed by atoms with E-state index in [4.69, 9.17) is 9.47 Å². The summed E-state index contributed by atoms with van der Waals surface area (Å²) in [6.07, 6.45) is -7.14. The highest BCUT2D eigenvalue weighted by Crippen LogP contribution is 2.27. The van der Waals surface area contributed by atoms with E-state index < -0.39 is 48.8 Å². The van der Waals surface area contributed by atoms with Crippen LogP contribution in [0.5, 0.6) is 0 Å². The molecule has 2 heterocycles. The highest BCUT2D eigenvalue weighted by Gasteiger charge is 2.32. The monoisotopic (exact) mass is 445 g/mol. The standard InChI is InChI=1S/C19H22F3N3O6/c1-18(2,3)31-17(29)25-9-11(16(28)30-4)13-10(5-6-23-14(13)25)8-24-12(15(26)27)7-19(20,21)22/h5-6,9,15,26-27H,7-8H2,1-4H3. The lowest BCUT2D eigenvalue weighted by Gasteiger charge is -2.19. The van der Waals surface area contributed by atoms with Crippen LogP contribution in [-0.4, -0.2) is 62.7 Å². The number of alkyl halides is 3. The quantitative estimate of drug-likeness (QED) is 0.412. The minimum Gasteiger partial charge on any atom is -0.465 e. The summed E-state index contributed by atoms with van der Waals surface area (Å²) in [6, 6.07) is 1.38. The first kappa shape index (κ1) is 24.3. The zero-order valence-electron chi connectivity index (χ0n) is 17.2. The smallest absolute Gasteiger partial charge is 0.420 e. The second-order valence-corrected chi connectivity index (χ2v) is 7.53. The molecular weight excluding hydrogens is 423 g/mol. The molecule has 0 spiro atoms. The van der Waals surface area contributed by atoms with E-state index in [9.17, 15) is 33.0 Å². The number of nitrogens with zero attached hydrogens (tertiary/aromatic N) is 3. The summed E-state index contributed by atoms with van der Waals surface area (Å²) in [7, 11) is 1.12. The Bertz CT molecular complexity index is 1010. The van der Waals surface area contributed by atoms with Gasteiger partial charge in [0.2, 0.25) is 0 Å². The summed E-state index contributed by atoms with van der Waals surface area (Å²) in [5, 5.41) is 18.5. The van der Waals surface area contributed by atoms with E-state index in [1.54, 1.807) is 20.8 Å². The van der Waals surface area contributed by atoms with Gasteiger partial charge in [-0.05, 0) is 32.4 Å². The van der Waals surface area contributed by atoms with E-state index in [1.165, 1.54) is 12.3 Å². The molecule has 0 atom stereocenters. The van der Waals surface area contributed by atoms with Gasteiger partial charge in [-0.1, -0.05) is 0 Å². The van der Waals surface area contributed by atoms with Crippen molar-refractivity contribution in [1.29, 1.82) is 0 Å². The maximum atomic E-state index is 12.7. The fourth-order valence-electron chi connectivity index (χ4n) is 2.69. The molecule has 12 heteroatoms. The molecule has 0 bridgehead atoms. The molecule has 0 aliphatic carbocycles. The maximum Gasteiger partial charge on any atom is 0.420 e. The minimum atomic E-state index is -4.70. The first-order valence-electron chi connectivity index (χ1n) is 9.00. The van der Waals surface area contributed by atoms with E-state index in [0.717, 1.165) is 17.9 Å². The van der Waals surface area contributed by atoms with Gasteiger partial charge in [-0.25, -0.2) is 19.1 Å². The molecule has 2 aromatic rings. The number of carbonyl (C=O) groups is 2. The van der Waals surface area contributed by atoms with Gasteiger partial charge in [0, 0.05) is 17.8 Å². The molecule has 0 saturated heterocycles. The highest BCUT2D eigenvalue weighted by molar-refractivity contribution is 6.07. The summed E-state index contributed by atoms with van der Waals surface area (Å²) >= 11 is 0. The van der Waals surface area contributed by atoms with Crippen molar-refractivity contribution in [3.8, 4) is 0 Å². The molecule has 9 nitrogen and oxygen atoms in total. The summed E-state index contributed by atoms with van der Waals surface area (Å²) in [4.78, 5) is 32.5. The number of pyridine rings is 1. The number of rotatable bonds is 5. The number of aromatic nitrogens is 2. The van der Waals surface area contributed by atoms with E-state index in [0.29, 0.717) is 0 Å². The Morgan fingerprint density at radius 2 is 1.90 bits per heavy atom. The van der Waals surface area contributed by atoms with Gasteiger partial charge in [-0.3, -0.25) is 4.99 Å². The normalized spacial score (nSPS) is 13.0. The van der Waals surface area contributed by atoms with Crippen LogP contribution in [0.25, 0.3) is 11.0 Å². The van der Waals surface area contributed by atoms with E-state index >= 15 is 0 Å². The summed E-state index contributed by atoms with van der Waals surface area (Å²) < 4.78 is 49.0. The van der Waals surface area contributed by atoms with E-state index in [-0.39, 0.29) is 22.2 Å². The molecule has 0 aromatic carbocycles. The first-order chi connectivity index (χ1) is 14.2. The second kappa shape index (κ2) is 9.02. The Labute approximate surface area is 175 Å². The lowest BCUT2D eigenvalue weighted by Crippen LogP contribution is -2.27. The number of fused-ring (bicyclic) bond motifs is 1. The van der Waals surface area contributed by atoms with Crippen LogP contribution in [-0.2, 0) is 16.0 Å². The van der Waals surface area contributed by atoms with E-state index in [1.807, 2.05) is 0 Å². The Morgan fingerprint density at radius 1 is 1.26 bits per heavy atom. The van der Waals surface area contributed by atoms with Crippen LogP contribution in [0, 0.1) is 0 Å². The zero-order valence-corrected chi connectivity index (χ0v) is 17.2. The Morgan fingerprint density at radius 3 is 2.42 bits per heavy atom. The molecule has 0 unspecified atom stereocenters. The molecule has 0 radical (unpaired) electrons. The number of ether oxygens (including phenoxy) is 2. The Hall–Kier alpha value is -2.99. The van der Waals surface area contributed by atoms with Gasteiger partial charge in [0.25, 0.3) is 0 Å². The molecule has 2 N–H and O–H groups in total. The van der Waals surface area contributed by atoms with Gasteiger partial charge in [0.15, 0.2) is 11.9 Å². The van der Waals surface area contributed by atoms with Crippen LogP contribution < -0.4 is 0 Å². The van der Waals surface area contributed by atoms with Crippen molar-refractivity contribution in [3.63, 3.8) is 0 Å². The highest BCUT2D eigenvalue weighted by atomic mass is 19.4.